The van der Waals surface area contributed by atoms with Crippen molar-refractivity contribution in [2.45, 2.75) is 81.8 Å². The van der Waals surface area contributed by atoms with Crippen molar-refractivity contribution in [2.75, 3.05) is 13.6 Å². The van der Waals surface area contributed by atoms with Crippen LogP contribution in [0.1, 0.15) is 63.9 Å². The van der Waals surface area contributed by atoms with Crippen LogP contribution in [0.15, 0.2) is 53.4 Å². The van der Waals surface area contributed by atoms with Gasteiger partial charge in [0.15, 0.2) is 0 Å². The number of benzene rings is 2. The van der Waals surface area contributed by atoms with Gasteiger partial charge in [-0.1, -0.05) is 73.7 Å². The highest BCUT2D eigenvalue weighted by molar-refractivity contribution is 7.89. The van der Waals surface area contributed by atoms with Crippen molar-refractivity contribution in [1.82, 2.24) is 14.5 Å². The molecule has 0 bridgehead atoms. The average molecular weight is 583 g/mol. The molecular formula is C28H37Cl2N3O4S. The van der Waals surface area contributed by atoms with Gasteiger partial charge in [-0.3, -0.25) is 9.59 Å². The molecule has 0 unspecified atom stereocenters. The van der Waals surface area contributed by atoms with Gasteiger partial charge in [0.1, 0.15) is 6.04 Å². The third kappa shape index (κ3) is 7.94. The first kappa shape index (κ1) is 30.4. The van der Waals surface area contributed by atoms with Crippen LogP contribution in [0.4, 0.5) is 0 Å². The monoisotopic (exact) mass is 581 g/mol. The molecule has 1 atom stereocenters. The number of nitrogens with zero attached hydrogens (tertiary/aromatic N) is 2. The molecule has 1 N–H and O–H groups in total. The maximum absolute atomic E-state index is 13.6. The van der Waals surface area contributed by atoms with Gasteiger partial charge in [0.25, 0.3) is 0 Å². The minimum absolute atomic E-state index is 0.0733. The van der Waals surface area contributed by atoms with Crippen LogP contribution in [-0.4, -0.2) is 55.1 Å². The van der Waals surface area contributed by atoms with Crippen LogP contribution in [0.3, 0.4) is 0 Å². The SMILES string of the molecule is CC[C@@H](C(=O)NC1CCCCC1)N(Cc1c(Cl)cccc1Cl)C(=O)CCCN(C)S(=O)(=O)c1ccccc1. The Hall–Kier alpha value is -2.13. The highest BCUT2D eigenvalue weighted by atomic mass is 35.5. The van der Waals surface area contributed by atoms with E-state index in [2.05, 4.69) is 5.32 Å². The number of hydrogen-bond acceptors (Lipinski definition) is 4. The highest BCUT2D eigenvalue weighted by Gasteiger charge is 2.31. The smallest absolute Gasteiger partial charge is 0.243 e. The molecule has 1 fully saturated rings. The number of hydrogen-bond donors (Lipinski definition) is 1. The van der Waals surface area contributed by atoms with E-state index in [1.54, 1.807) is 48.5 Å². The molecule has 0 radical (unpaired) electrons. The van der Waals surface area contributed by atoms with Crippen molar-refractivity contribution >= 4 is 45.0 Å². The zero-order valence-corrected chi connectivity index (χ0v) is 24.4. The number of amides is 2. The second-order valence-corrected chi connectivity index (χ2v) is 12.6. The standard InChI is InChI=1S/C28H37Cl2N3O4S/c1-3-26(28(35)31-21-12-6-4-7-13-21)33(20-23-24(29)16-10-17-25(23)30)27(34)18-11-19-32(2)38(36,37)22-14-8-5-9-15-22/h5,8-10,14-17,21,26H,3-4,6-7,11-13,18-20H2,1-2H3,(H,31,35)/t26-/m0/s1. The third-order valence-corrected chi connectivity index (χ3v) is 9.62. The summed E-state index contributed by atoms with van der Waals surface area (Å²) in [5.41, 5.74) is 0.580. The molecule has 38 heavy (non-hydrogen) atoms. The first-order valence-electron chi connectivity index (χ1n) is 13.2. The fraction of sp³-hybridized carbons (Fsp3) is 0.500. The van der Waals surface area contributed by atoms with Gasteiger partial charge < -0.3 is 10.2 Å². The summed E-state index contributed by atoms with van der Waals surface area (Å²) < 4.78 is 26.9. The van der Waals surface area contributed by atoms with Gasteiger partial charge in [0.05, 0.1) is 4.90 Å². The normalized spacial score (nSPS) is 15.3. The summed E-state index contributed by atoms with van der Waals surface area (Å²) in [7, 11) is -2.16. The molecule has 0 heterocycles. The Balaban J connectivity index is 1.74. The fourth-order valence-corrected chi connectivity index (χ4v) is 6.55. The average Bonchev–Trinajstić information content (AvgIpc) is 2.91. The van der Waals surface area contributed by atoms with E-state index in [1.165, 1.54) is 22.7 Å². The van der Waals surface area contributed by atoms with Crippen LogP contribution in [0.5, 0.6) is 0 Å². The second-order valence-electron chi connectivity index (χ2n) is 9.73. The molecule has 10 heteroatoms. The van der Waals surface area contributed by atoms with Gasteiger partial charge in [0.2, 0.25) is 21.8 Å². The maximum atomic E-state index is 13.6. The van der Waals surface area contributed by atoms with Crippen molar-refractivity contribution in [2.24, 2.45) is 0 Å². The molecule has 1 aliphatic rings. The molecule has 2 aromatic rings. The molecule has 1 aliphatic carbocycles. The molecule has 208 valence electrons. The van der Waals surface area contributed by atoms with Crippen LogP contribution in [0.25, 0.3) is 0 Å². The Morgan fingerprint density at radius 2 is 1.63 bits per heavy atom. The Morgan fingerprint density at radius 3 is 2.24 bits per heavy atom. The van der Waals surface area contributed by atoms with E-state index < -0.39 is 16.1 Å². The summed E-state index contributed by atoms with van der Waals surface area (Å²) in [6.07, 6.45) is 6.02. The third-order valence-electron chi connectivity index (χ3n) is 7.04. The van der Waals surface area contributed by atoms with E-state index in [1.807, 2.05) is 6.92 Å². The van der Waals surface area contributed by atoms with E-state index in [0.29, 0.717) is 28.5 Å². The lowest BCUT2D eigenvalue weighted by Gasteiger charge is -2.33. The molecule has 0 saturated heterocycles. The molecule has 0 spiro atoms. The number of sulfonamides is 1. The number of halogens is 2. The minimum atomic E-state index is -3.66. The van der Waals surface area contributed by atoms with Gasteiger partial charge in [-0.2, -0.15) is 0 Å². The van der Waals surface area contributed by atoms with Gasteiger partial charge in [-0.25, -0.2) is 12.7 Å². The molecule has 0 aliphatic heterocycles. The van der Waals surface area contributed by atoms with Crippen LogP contribution >= 0.6 is 23.2 Å². The number of nitrogens with one attached hydrogen (secondary N) is 1. The lowest BCUT2D eigenvalue weighted by atomic mass is 9.95. The lowest BCUT2D eigenvalue weighted by molar-refractivity contribution is -0.141. The van der Waals surface area contributed by atoms with Crippen LogP contribution < -0.4 is 5.32 Å². The Bertz CT molecular complexity index is 1170. The largest absolute Gasteiger partial charge is 0.352 e. The topological polar surface area (TPSA) is 86.8 Å². The van der Waals surface area contributed by atoms with E-state index in [0.717, 1.165) is 25.7 Å². The summed E-state index contributed by atoms with van der Waals surface area (Å²) in [6.45, 7) is 2.13. The van der Waals surface area contributed by atoms with E-state index in [4.69, 9.17) is 23.2 Å². The van der Waals surface area contributed by atoms with Crippen molar-refractivity contribution < 1.29 is 18.0 Å². The molecule has 2 amide bonds. The summed E-state index contributed by atoms with van der Waals surface area (Å²) >= 11 is 12.8. The van der Waals surface area contributed by atoms with Gasteiger partial charge in [-0.15, -0.1) is 0 Å². The first-order valence-corrected chi connectivity index (χ1v) is 15.4. The van der Waals surface area contributed by atoms with Crippen molar-refractivity contribution in [3.8, 4) is 0 Å². The maximum Gasteiger partial charge on any atom is 0.243 e. The predicted molar refractivity (Wildman–Crippen MR) is 152 cm³/mol. The zero-order valence-electron chi connectivity index (χ0n) is 22.0. The first-order chi connectivity index (χ1) is 18.1. The van der Waals surface area contributed by atoms with Crippen LogP contribution in [-0.2, 0) is 26.2 Å². The summed E-state index contributed by atoms with van der Waals surface area (Å²) in [5, 5.41) is 3.99. The highest BCUT2D eigenvalue weighted by Crippen LogP contribution is 2.28. The van der Waals surface area contributed by atoms with Crippen molar-refractivity contribution in [3.63, 3.8) is 0 Å². The number of carbonyl (C=O) groups excluding carboxylic acids is 2. The predicted octanol–water partition coefficient (Wildman–Crippen LogP) is 5.65. The van der Waals surface area contributed by atoms with Gasteiger partial charge in [0, 0.05) is 48.2 Å². The molecule has 7 nitrogen and oxygen atoms in total. The molecule has 1 saturated carbocycles. The lowest BCUT2D eigenvalue weighted by Crippen LogP contribution is -2.51. The summed E-state index contributed by atoms with van der Waals surface area (Å²) in [4.78, 5) is 28.7. The van der Waals surface area contributed by atoms with Crippen molar-refractivity contribution in [3.05, 3.63) is 64.1 Å². The Labute approximate surface area is 236 Å². The minimum Gasteiger partial charge on any atom is -0.352 e. The summed E-state index contributed by atoms with van der Waals surface area (Å²) in [6, 6.07) is 12.8. The molecular weight excluding hydrogens is 545 g/mol. The molecule has 0 aromatic heterocycles. The fourth-order valence-electron chi connectivity index (χ4n) is 4.81. The van der Waals surface area contributed by atoms with Crippen LogP contribution in [0, 0.1) is 0 Å². The van der Waals surface area contributed by atoms with E-state index in [9.17, 15) is 18.0 Å². The number of carbonyl (C=O) groups is 2. The number of rotatable bonds is 12. The van der Waals surface area contributed by atoms with Crippen LogP contribution in [0.2, 0.25) is 10.0 Å². The molecule has 3 rings (SSSR count). The van der Waals surface area contributed by atoms with Gasteiger partial charge in [-0.05, 0) is 49.9 Å². The summed E-state index contributed by atoms with van der Waals surface area (Å²) in [5.74, 6) is -0.433. The van der Waals surface area contributed by atoms with E-state index >= 15 is 0 Å². The zero-order chi connectivity index (χ0) is 27.7. The van der Waals surface area contributed by atoms with Crippen molar-refractivity contribution in [1.29, 1.82) is 0 Å². The molecule has 2 aromatic carbocycles. The van der Waals surface area contributed by atoms with Gasteiger partial charge >= 0.3 is 0 Å². The Kier molecular flexibility index (Phi) is 11.5. The van der Waals surface area contributed by atoms with E-state index in [-0.39, 0.29) is 42.3 Å². The Morgan fingerprint density at radius 1 is 1.00 bits per heavy atom. The second kappa shape index (κ2) is 14.3. The quantitative estimate of drug-likeness (QED) is 0.351.